The molecule has 0 aliphatic heterocycles. The predicted molar refractivity (Wildman–Crippen MR) is 95.2 cm³/mol. The summed E-state index contributed by atoms with van der Waals surface area (Å²) in [5.41, 5.74) is 11.3. The fraction of sp³-hybridized carbons (Fsp3) is 0.500. The molecule has 0 saturated heterocycles. The lowest BCUT2D eigenvalue weighted by Gasteiger charge is -2.32. The highest BCUT2D eigenvalue weighted by Crippen LogP contribution is 2.40. The highest BCUT2D eigenvalue weighted by molar-refractivity contribution is 5.37. The lowest BCUT2D eigenvalue weighted by molar-refractivity contribution is 0.377. The van der Waals surface area contributed by atoms with E-state index in [0.717, 1.165) is 0 Å². The normalized spacial score (nSPS) is 20.9. The Morgan fingerprint density at radius 3 is 2.52 bits per heavy atom. The average Bonchev–Trinajstić information content (AvgIpc) is 2.37. The number of nitrogens with two attached hydrogens (primary N) is 1. The Morgan fingerprint density at radius 2 is 1.90 bits per heavy atom. The van der Waals surface area contributed by atoms with Gasteiger partial charge in [-0.25, -0.2) is 0 Å². The van der Waals surface area contributed by atoms with E-state index in [2.05, 4.69) is 65.0 Å². The van der Waals surface area contributed by atoms with E-state index in [-0.39, 0.29) is 0 Å². The molecule has 1 rings (SSSR count). The Bertz CT molecular complexity index is 496. The van der Waals surface area contributed by atoms with Crippen molar-refractivity contribution in [1.29, 1.82) is 0 Å². The Morgan fingerprint density at radius 1 is 1.19 bits per heavy atom. The van der Waals surface area contributed by atoms with Crippen LogP contribution in [-0.4, -0.2) is 6.54 Å². The van der Waals surface area contributed by atoms with Gasteiger partial charge in [-0.1, -0.05) is 67.0 Å². The zero-order valence-corrected chi connectivity index (χ0v) is 14.4. The molecule has 21 heavy (non-hydrogen) atoms. The minimum absolute atomic E-state index is 0.315. The summed E-state index contributed by atoms with van der Waals surface area (Å²) in [6.45, 7) is 11.8. The van der Waals surface area contributed by atoms with Crippen LogP contribution in [0.2, 0.25) is 0 Å². The number of allylic oxidation sites excluding steroid dienone is 9. The summed E-state index contributed by atoms with van der Waals surface area (Å²) in [6.07, 6.45) is 16.8. The van der Waals surface area contributed by atoms with Crippen molar-refractivity contribution in [3.63, 3.8) is 0 Å². The van der Waals surface area contributed by atoms with Gasteiger partial charge in [0.1, 0.15) is 0 Å². The van der Waals surface area contributed by atoms with Gasteiger partial charge in [-0.3, -0.25) is 0 Å². The fourth-order valence-corrected chi connectivity index (χ4v) is 2.89. The first kappa shape index (κ1) is 17.7. The van der Waals surface area contributed by atoms with Crippen molar-refractivity contribution in [1.82, 2.24) is 0 Å². The molecule has 1 heteroatoms. The summed E-state index contributed by atoms with van der Waals surface area (Å²) < 4.78 is 0. The van der Waals surface area contributed by atoms with Crippen LogP contribution in [-0.2, 0) is 0 Å². The molecule has 0 aromatic rings. The number of rotatable bonds is 5. The van der Waals surface area contributed by atoms with Gasteiger partial charge < -0.3 is 5.73 Å². The first-order valence-electron chi connectivity index (χ1n) is 7.97. The first-order chi connectivity index (χ1) is 9.86. The number of hydrogen-bond donors (Lipinski definition) is 1. The van der Waals surface area contributed by atoms with Crippen molar-refractivity contribution in [2.24, 2.45) is 11.1 Å². The molecule has 0 saturated carbocycles. The van der Waals surface area contributed by atoms with Crippen LogP contribution in [0.4, 0.5) is 0 Å². The van der Waals surface area contributed by atoms with Gasteiger partial charge in [0, 0.05) is 6.54 Å². The Balaban J connectivity index is 2.78. The van der Waals surface area contributed by atoms with Crippen LogP contribution in [0.1, 0.15) is 53.9 Å². The molecule has 0 atom stereocenters. The number of hydrogen-bond acceptors (Lipinski definition) is 1. The van der Waals surface area contributed by atoms with E-state index in [1.165, 1.54) is 36.0 Å². The van der Waals surface area contributed by atoms with Crippen LogP contribution in [0, 0.1) is 5.41 Å². The maximum atomic E-state index is 5.49. The molecule has 2 N–H and O–H groups in total. The zero-order valence-electron chi connectivity index (χ0n) is 14.4. The quantitative estimate of drug-likeness (QED) is 0.665. The molecule has 1 nitrogen and oxygen atoms in total. The van der Waals surface area contributed by atoms with E-state index in [1.807, 2.05) is 6.08 Å². The smallest absolute Gasteiger partial charge is 0.0112 e. The van der Waals surface area contributed by atoms with Gasteiger partial charge in [0.15, 0.2) is 0 Å². The third-order valence-corrected chi connectivity index (χ3v) is 4.21. The van der Waals surface area contributed by atoms with Crippen LogP contribution < -0.4 is 5.73 Å². The van der Waals surface area contributed by atoms with Gasteiger partial charge >= 0.3 is 0 Å². The maximum Gasteiger partial charge on any atom is 0.0112 e. The largest absolute Gasteiger partial charge is 0.327 e. The zero-order chi connectivity index (χ0) is 15.9. The molecule has 0 aromatic heterocycles. The van der Waals surface area contributed by atoms with Crippen LogP contribution in [0.5, 0.6) is 0 Å². The maximum absolute atomic E-state index is 5.49. The van der Waals surface area contributed by atoms with Gasteiger partial charge in [-0.15, -0.1) is 0 Å². The van der Waals surface area contributed by atoms with Crippen LogP contribution in [0.25, 0.3) is 0 Å². The third-order valence-electron chi connectivity index (χ3n) is 4.21. The van der Waals surface area contributed by atoms with Crippen LogP contribution >= 0.6 is 0 Å². The second-order valence-electron chi connectivity index (χ2n) is 6.72. The molecule has 0 amide bonds. The van der Waals surface area contributed by atoms with Gasteiger partial charge in [0.25, 0.3) is 0 Å². The highest BCUT2D eigenvalue weighted by Gasteiger charge is 2.26. The molecule has 0 spiro atoms. The summed E-state index contributed by atoms with van der Waals surface area (Å²) in [6, 6.07) is 0. The molecule has 0 bridgehead atoms. The summed E-state index contributed by atoms with van der Waals surface area (Å²) in [4.78, 5) is 0. The molecular formula is C20H31N. The highest BCUT2D eigenvalue weighted by atomic mass is 14.5. The van der Waals surface area contributed by atoms with E-state index >= 15 is 0 Å². The van der Waals surface area contributed by atoms with E-state index < -0.39 is 0 Å². The molecule has 0 fully saturated rings. The van der Waals surface area contributed by atoms with E-state index in [4.69, 9.17) is 5.73 Å². The lowest BCUT2D eigenvalue weighted by atomic mass is 9.72. The summed E-state index contributed by atoms with van der Waals surface area (Å²) in [5, 5.41) is 0. The molecule has 0 unspecified atom stereocenters. The van der Waals surface area contributed by atoms with Crippen molar-refractivity contribution in [3.8, 4) is 0 Å². The van der Waals surface area contributed by atoms with Gasteiger partial charge in [0.05, 0.1) is 0 Å². The Labute approximate surface area is 131 Å². The van der Waals surface area contributed by atoms with Crippen molar-refractivity contribution >= 4 is 0 Å². The van der Waals surface area contributed by atoms with Crippen molar-refractivity contribution in [3.05, 3.63) is 58.7 Å². The lowest BCUT2D eigenvalue weighted by Crippen LogP contribution is -2.19. The Hall–Kier alpha value is -1.34. The van der Waals surface area contributed by atoms with E-state index in [0.29, 0.717) is 12.0 Å². The monoisotopic (exact) mass is 285 g/mol. The summed E-state index contributed by atoms with van der Waals surface area (Å²) in [5.74, 6) is 0. The second-order valence-corrected chi connectivity index (χ2v) is 6.72. The van der Waals surface area contributed by atoms with Crippen molar-refractivity contribution in [2.45, 2.75) is 53.9 Å². The molecule has 0 radical (unpaired) electrons. The third kappa shape index (κ3) is 5.89. The standard InChI is InChI=1S/C20H31N/c1-16(8-6-9-17(2)13-15-21)11-12-19-18(3)10-7-14-20(19,4)5/h6,8-9,11-13H,7,10,14-15,21H2,1-5H3/b9-6+,12-11+,16-8+,17-13+. The van der Waals surface area contributed by atoms with Crippen molar-refractivity contribution in [2.75, 3.05) is 6.54 Å². The van der Waals surface area contributed by atoms with E-state index in [9.17, 15) is 0 Å². The van der Waals surface area contributed by atoms with Crippen LogP contribution in [0.3, 0.4) is 0 Å². The summed E-state index contributed by atoms with van der Waals surface area (Å²) >= 11 is 0. The Kier molecular flexibility index (Phi) is 6.91. The second kappa shape index (κ2) is 8.19. The van der Waals surface area contributed by atoms with Gasteiger partial charge in [-0.05, 0) is 51.0 Å². The molecule has 0 heterocycles. The average molecular weight is 285 g/mol. The summed E-state index contributed by atoms with van der Waals surface area (Å²) in [7, 11) is 0. The van der Waals surface area contributed by atoms with Crippen LogP contribution in [0.15, 0.2) is 58.7 Å². The van der Waals surface area contributed by atoms with E-state index in [1.54, 1.807) is 5.57 Å². The first-order valence-corrected chi connectivity index (χ1v) is 7.97. The van der Waals surface area contributed by atoms with Crippen molar-refractivity contribution < 1.29 is 0 Å². The topological polar surface area (TPSA) is 26.0 Å². The minimum atomic E-state index is 0.315. The molecule has 116 valence electrons. The fourth-order valence-electron chi connectivity index (χ4n) is 2.89. The van der Waals surface area contributed by atoms with Gasteiger partial charge in [0.2, 0.25) is 0 Å². The minimum Gasteiger partial charge on any atom is -0.327 e. The molecule has 1 aliphatic rings. The SMILES string of the molecule is CC1=C(/C=C/C(C)=C/C=C/C(C)=C/CN)C(C)(C)CCC1. The molecule has 0 aromatic carbocycles. The molecular weight excluding hydrogens is 254 g/mol. The van der Waals surface area contributed by atoms with Gasteiger partial charge in [-0.2, -0.15) is 0 Å². The molecule has 1 aliphatic carbocycles. The predicted octanol–water partition coefficient (Wildman–Crippen LogP) is 5.48.